The SMILES string of the molecule is Cc1c(F)c(NCCCC(C)C)c2c(=O)cc(-c3ccc(NC(=O)C(C)(C)C)c(F)c3)oc2c1F. The Bertz CT molecular complexity index is 1320. The van der Waals surface area contributed by atoms with E-state index in [1.165, 1.54) is 19.1 Å². The van der Waals surface area contributed by atoms with Crippen LogP contribution >= 0.6 is 0 Å². The molecule has 35 heavy (non-hydrogen) atoms. The summed E-state index contributed by atoms with van der Waals surface area (Å²) < 4.78 is 50.3. The van der Waals surface area contributed by atoms with Gasteiger partial charge in [0.15, 0.2) is 22.6 Å². The minimum absolute atomic E-state index is 0.0335. The van der Waals surface area contributed by atoms with Gasteiger partial charge in [-0.15, -0.1) is 0 Å². The third-order valence-electron chi connectivity index (χ3n) is 5.72. The number of halogens is 3. The lowest BCUT2D eigenvalue weighted by atomic mass is 9.95. The van der Waals surface area contributed by atoms with Crippen molar-refractivity contribution >= 4 is 28.3 Å². The van der Waals surface area contributed by atoms with Gasteiger partial charge in [-0.1, -0.05) is 34.6 Å². The number of fused-ring (bicyclic) bond motifs is 1. The molecule has 0 radical (unpaired) electrons. The highest BCUT2D eigenvalue weighted by atomic mass is 19.1. The summed E-state index contributed by atoms with van der Waals surface area (Å²) in [7, 11) is 0. The van der Waals surface area contributed by atoms with Crippen molar-refractivity contribution in [2.45, 2.75) is 54.4 Å². The van der Waals surface area contributed by atoms with Crippen LogP contribution < -0.4 is 16.1 Å². The zero-order valence-electron chi connectivity index (χ0n) is 20.9. The van der Waals surface area contributed by atoms with E-state index in [0.29, 0.717) is 12.5 Å². The summed E-state index contributed by atoms with van der Waals surface area (Å²) >= 11 is 0. The molecule has 0 aliphatic heterocycles. The van der Waals surface area contributed by atoms with Gasteiger partial charge >= 0.3 is 0 Å². The average molecular weight is 489 g/mol. The van der Waals surface area contributed by atoms with E-state index in [0.717, 1.165) is 25.0 Å². The average Bonchev–Trinajstić information content (AvgIpc) is 2.77. The predicted octanol–water partition coefficient (Wildman–Crippen LogP) is 7.02. The molecule has 0 saturated carbocycles. The van der Waals surface area contributed by atoms with Gasteiger partial charge in [0.2, 0.25) is 5.91 Å². The Morgan fingerprint density at radius 1 is 1.09 bits per heavy atom. The van der Waals surface area contributed by atoms with Crippen LogP contribution in [0.1, 0.15) is 53.0 Å². The van der Waals surface area contributed by atoms with Crippen molar-refractivity contribution in [3.8, 4) is 11.3 Å². The third-order valence-corrected chi connectivity index (χ3v) is 5.72. The van der Waals surface area contributed by atoms with Crippen molar-refractivity contribution in [2.24, 2.45) is 11.3 Å². The molecule has 0 spiro atoms. The minimum Gasteiger partial charge on any atom is -0.453 e. The fourth-order valence-electron chi connectivity index (χ4n) is 3.56. The maximum absolute atomic E-state index is 15.0. The van der Waals surface area contributed by atoms with Gasteiger partial charge in [-0.3, -0.25) is 9.59 Å². The van der Waals surface area contributed by atoms with E-state index in [9.17, 15) is 22.8 Å². The van der Waals surface area contributed by atoms with Gasteiger partial charge in [-0.25, -0.2) is 13.2 Å². The van der Waals surface area contributed by atoms with E-state index in [1.807, 2.05) is 0 Å². The first kappa shape index (κ1) is 26.3. The molecule has 5 nitrogen and oxygen atoms in total. The number of hydrogen-bond donors (Lipinski definition) is 2. The minimum atomic E-state index is -0.987. The second-order valence-corrected chi connectivity index (χ2v) is 10.2. The Balaban J connectivity index is 2.03. The van der Waals surface area contributed by atoms with E-state index in [1.54, 1.807) is 20.8 Å². The van der Waals surface area contributed by atoms with Gasteiger partial charge in [0.05, 0.1) is 16.8 Å². The highest BCUT2D eigenvalue weighted by Crippen LogP contribution is 2.34. The summed E-state index contributed by atoms with van der Waals surface area (Å²) in [6.45, 7) is 10.9. The van der Waals surface area contributed by atoms with Crippen LogP contribution in [0.15, 0.2) is 33.5 Å². The molecule has 8 heteroatoms. The van der Waals surface area contributed by atoms with E-state index < -0.39 is 33.9 Å². The molecular formula is C27H31F3N2O3. The standard InChI is InChI=1S/C27H31F3N2O3/c1-14(2)8-7-11-31-24-21-19(33)13-20(35-25(21)23(30)15(3)22(24)29)16-9-10-18(17(28)12-16)32-26(34)27(4,5)6/h9-10,12-14,31H,7-8,11H2,1-6H3,(H,32,34). The number of anilines is 2. The Kier molecular flexibility index (Phi) is 7.62. The van der Waals surface area contributed by atoms with Crippen LogP contribution in [0.5, 0.6) is 0 Å². The van der Waals surface area contributed by atoms with E-state index in [-0.39, 0.29) is 39.6 Å². The highest BCUT2D eigenvalue weighted by molar-refractivity contribution is 5.95. The Hall–Kier alpha value is -3.29. The molecule has 3 rings (SSSR count). The van der Waals surface area contributed by atoms with Gasteiger partial charge in [-0.05, 0) is 43.9 Å². The summed E-state index contributed by atoms with van der Waals surface area (Å²) in [5.41, 5.74) is -2.03. The predicted molar refractivity (Wildman–Crippen MR) is 133 cm³/mol. The first-order chi connectivity index (χ1) is 16.3. The van der Waals surface area contributed by atoms with Crippen molar-refractivity contribution < 1.29 is 22.4 Å². The summed E-state index contributed by atoms with van der Waals surface area (Å²) in [6, 6.07) is 4.96. The molecule has 3 aromatic rings. The number of carbonyl (C=O) groups excluding carboxylic acids is 1. The normalized spacial score (nSPS) is 11.8. The number of amides is 1. The monoisotopic (exact) mass is 488 g/mol. The van der Waals surface area contributed by atoms with Crippen LogP contribution in [0, 0.1) is 35.7 Å². The number of hydrogen-bond acceptors (Lipinski definition) is 4. The van der Waals surface area contributed by atoms with Crippen LogP contribution in [0.2, 0.25) is 0 Å². The molecule has 0 unspecified atom stereocenters. The van der Waals surface area contributed by atoms with Crippen LogP contribution in [0.3, 0.4) is 0 Å². The van der Waals surface area contributed by atoms with Crippen LogP contribution in [0.4, 0.5) is 24.5 Å². The second kappa shape index (κ2) is 10.1. The molecule has 0 fully saturated rings. The molecule has 0 aliphatic rings. The van der Waals surface area contributed by atoms with Crippen molar-refractivity contribution in [2.75, 3.05) is 17.2 Å². The topological polar surface area (TPSA) is 71.3 Å². The Morgan fingerprint density at radius 3 is 2.37 bits per heavy atom. The molecule has 0 atom stereocenters. The number of carbonyl (C=O) groups is 1. The number of rotatable bonds is 7. The Labute approximate surface area is 202 Å². The third kappa shape index (κ3) is 5.69. The molecule has 2 aromatic carbocycles. The molecule has 2 N–H and O–H groups in total. The van der Waals surface area contributed by atoms with Gasteiger partial charge in [0.25, 0.3) is 0 Å². The second-order valence-electron chi connectivity index (χ2n) is 10.2. The fourth-order valence-corrected chi connectivity index (χ4v) is 3.56. The van der Waals surface area contributed by atoms with Crippen LogP contribution in [-0.2, 0) is 4.79 Å². The zero-order chi connectivity index (χ0) is 26.1. The summed E-state index contributed by atoms with van der Waals surface area (Å²) in [5, 5.41) is 5.21. The molecule has 0 bridgehead atoms. The largest absolute Gasteiger partial charge is 0.453 e. The Morgan fingerprint density at radius 2 is 1.77 bits per heavy atom. The maximum atomic E-state index is 15.0. The molecule has 1 aromatic heterocycles. The van der Waals surface area contributed by atoms with Crippen molar-refractivity contribution in [3.05, 3.63) is 57.5 Å². The summed E-state index contributed by atoms with van der Waals surface area (Å²) in [5.74, 6) is -2.55. The van der Waals surface area contributed by atoms with Crippen molar-refractivity contribution in [3.63, 3.8) is 0 Å². The lowest BCUT2D eigenvalue weighted by molar-refractivity contribution is -0.123. The van der Waals surface area contributed by atoms with Crippen molar-refractivity contribution in [1.82, 2.24) is 0 Å². The number of benzene rings is 2. The zero-order valence-corrected chi connectivity index (χ0v) is 20.9. The first-order valence-corrected chi connectivity index (χ1v) is 11.6. The van der Waals surface area contributed by atoms with Crippen molar-refractivity contribution in [1.29, 1.82) is 0 Å². The van der Waals surface area contributed by atoms with Crippen LogP contribution in [-0.4, -0.2) is 12.5 Å². The van der Waals surface area contributed by atoms with Gasteiger partial charge < -0.3 is 15.1 Å². The van der Waals surface area contributed by atoms with E-state index in [2.05, 4.69) is 24.5 Å². The molecular weight excluding hydrogens is 457 g/mol. The lowest BCUT2D eigenvalue weighted by Crippen LogP contribution is -2.28. The smallest absolute Gasteiger partial charge is 0.229 e. The summed E-state index contributed by atoms with van der Waals surface area (Å²) in [6.07, 6.45) is 1.65. The molecule has 1 amide bonds. The van der Waals surface area contributed by atoms with E-state index in [4.69, 9.17) is 4.42 Å². The molecule has 0 saturated heterocycles. The molecule has 1 heterocycles. The number of nitrogens with one attached hydrogen (secondary N) is 2. The van der Waals surface area contributed by atoms with Gasteiger partial charge in [0, 0.05) is 29.2 Å². The lowest BCUT2D eigenvalue weighted by Gasteiger charge is -2.18. The molecule has 188 valence electrons. The summed E-state index contributed by atoms with van der Waals surface area (Å²) in [4.78, 5) is 25.1. The highest BCUT2D eigenvalue weighted by Gasteiger charge is 2.24. The quantitative estimate of drug-likeness (QED) is 0.351. The van der Waals surface area contributed by atoms with Crippen LogP contribution in [0.25, 0.3) is 22.3 Å². The van der Waals surface area contributed by atoms with Gasteiger partial charge in [-0.2, -0.15) is 0 Å². The van der Waals surface area contributed by atoms with E-state index >= 15 is 0 Å². The fraction of sp³-hybridized carbons (Fsp3) is 0.407. The maximum Gasteiger partial charge on any atom is 0.229 e. The first-order valence-electron chi connectivity index (χ1n) is 11.6. The van der Waals surface area contributed by atoms with Gasteiger partial charge in [0.1, 0.15) is 11.6 Å². The molecule has 0 aliphatic carbocycles.